The third-order valence-electron chi connectivity index (χ3n) is 3.34. The maximum absolute atomic E-state index is 12.9. The molecule has 2 aromatic carbocycles. The first-order chi connectivity index (χ1) is 11.2. The smallest absolute Gasteiger partial charge is 0.161 e. The van der Waals surface area contributed by atoms with E-state index in [1.165, 1.54) is 12.1 Å². The van der Waals surface area contributed by atoms with Crippen LogP contribution in [0.2, 0.25) is 0 Å². The van der Waals surface area contributed by atoms with E-state index in [-0.39, 0.29) is 5.82 Å². The van der Waals surface area contributed by atoms with Crippen LogP contribution >= 0.6 is 0 Å². The van der Waals surface area contributed by atoms with Crippen LogP contribution < -0.4 is 14.8 Å². The third-order valence-corrected chi connectivity index (χ3v) is 3.34. The molecule has 0 fully saturated rings. The Morgan fingerprint density at radius 1 is 1.00 bits per heavy atom. The summed E-state index contributed by atoms with van der Waals surface area (Å²) in [5, 5.41) is 2.17. The van der Waals surface area contributed by atoms with Gasteiger partial charge in [-0.3, -0.25) is 0 Å². The Kier molecular flexibility index (Phi) is 6.63. The predicted molar refractivity (Wildman–Crippen MR) is 89.0 cm³/mol. The molecule has 0 atom stereocenters. The highest BCUT2D eigenvalue weighted by Gasteiger charge is 2.07. The SMILES string of the molecule is C=CCOc1ccc(C[NH2+]Cc2ccc(F)cc2)cc1OCC. The molecular weight excluding hydrogens is 293 g/mol. The fourth-order valence-electron chi connectivity index (χ4n) is 2.24. The number of quaternary nitrogens is 1. The normalized spacial score (nSPS) is 10.3. The third kappa shape index (κ3) is 5.42. The van der Waals surface area contributed by atoms with Gasteiger partial charge in [-0.25, -0.2) is 4.39 Å². The molecule has 2 N–H and O–H groups in total. The first-order valence-electron chi connectivity index (χ1n) is 7.78. The van der Waals surface area contributed by atoms with E-state index >= 15 is 0 Å². The predicted octanol–water partition coefficient (Wildman–Crippen LogP) is 3.05. The highest BCUT2D eigenvalue weighted by atomic mass is 19.1. The number of ether oxygens (including phenoxy) is 2. The van der Waals surface area contributed by atoms with Crippen LogP contribution in [-0.4, -0.2) is 13.2 Å². The van der Waals surface area contributed by atoms with Crippen LogP contribution in [0.5, 0.6) is 11.5 Å². The molecule has 0 aliphatic heterocycles. The zero-order valence-electron chi connectivity index (χ0n) is 13.4. The molecule has 122 valence electrons. The summed E-state index contributed by atoms with van der Waals surface area (Å²) in [6, 6.07) is 12.6. The van der Waals surface area contributed by atoms with Crippen LogP contribution in [-0.2, 0) is 13.1 Å². The Bertz CT molecular complexity index is 626. The van der Waals surface area contributed by atoms with Gasteiger partial charge in [-0.2, -0.15) is 0 Å². The van der Waals surface area contributed by atoms with E-state index in [2.05, 4.69) is 11.9 Å². The standard InChI is InChI=1S/C19H22FNO2/c1-3-11-23-18-10-7-16(12-19(18)22-4-2)14-21-13-15-5-8-17(20)9-6-15/h3,5-10,12,21H,1,4,11,13-14H2,2H3/p+1. The largest absolute Gasteiger partial charge is 0.490 e. The lowest BCUT2D eigenvalue weighted by molar-refractivity contribution is -0.686. The molecule has 0 bridgehead atoms. The van der Waals surface area contributed by atoms with Crippen molar-refractivity contribution in [2.45, 2.75) is 20.0 Å². The average molecular weight is 316 g/mol. The van der Waals surface area contributed by atoms with Crippen molar-refractivity contribution in [2.75, 3.05) is 13.2 Å². The van der Waals surface area contributed by atoms with Crippen molar-refractivity contribution >= 4 is 0 Å². The van der Waals surface area contributed by atoms with Gasteiger partial charge in [-0.1, -0.05) is 24.8 Å². The van der Waals surface area contributed by atoms with Crippen LogP contribution in [0.25, 0.3) is 0 Å². The minimum atomic E-state index is -0.204. The molecule has 2 rings (SSSR count). The fraction of sp³-hybridized carbons (Fsp3) is 0.263. The zero-order chi connectivity index (χ0) is 16.5. The van der Waals surface area contributed by atoms with Gasteiger partial charge >= 0.3 is 0 Å². The van der Waals surface area contributed by atoms with Gasteiger partial charge in [0.1, 0.15) is 25.5 Å². The molecule has 2 aromatic rings. The Morgan fingerprint density at radius 2 is 1.70 bits per heavy atom. The molecule has 0 aliphatic carbocycles. The number of hydrogen-bond acceptors (Lipinski definition) is 2. The summed E-state index contributed by atoms with van der Waals surface area (Å²) >= 11 is 0. The van der Waals surface area contributed by atoms with E-state index in [1.807, 2.05) is 37.3 Å². The quantitative estimate of drug-likeness (QED) is 0.722. The fourth-order valence-corrected chi connectivity index (χ4v) is 2.24. The summed E-state index contributed by atoms with van der Waals surface area (Å²) in [6.07, 6.45) is 1.71. The summed E-state index contributed by atoms with van der Waals surface area (Å²) in [6.45, 7) is 8.27. The highest BCUT2D eigenvalue weighted by molar-refractivity contribution is 5.42. The van der Waals surface area contributed by atoms with Crippen LogP contribution in [0.15, 0.2) is 55.1 Å². The van der Waals surface area contributed by atoms with E-state index in [1.54, 1.807) is 6.08 Å². The summed E-state index contributed by atoms with van der Waals surface area (Å²) in [5.74, 6) is 1.28. The molecule has 0 aliphatic rings. The number of halogens is 1. The van der Waals surface area contributed by atoms with Gasteiger partial charge in [0.15, 0.2) is 11.5 Å². The van der Waals surface area contributed by atoms with Gasteiger partial charge in [-0.15, -0.1) is 0 Å². The molecular formula is C19H23FNO2+. The second kappa shape index (κ2) is 8.96. The molecule has 0 saturated carbocycles. The van der Waals surface area contributed by atoms with Crippen molar-refractivity contribution in [3.63, 3.8) is 0 Å². The minimum absolute atomic E-state index is 0.204. The maximum atomic E-state index is 12.9. The first kappa shape index (κ1) is 17.0. The minimum Gasteiger partial charge on any atom is -0.490 e. The lowest BCUT2D eigenvalue weighted by Gasteiger charge is -2.12. The summed E-state index contributed by atoms with van der Waals surface area (Å²) < 4.78 is 24.1. The van der Waals surface area contributed by atoms with Gasteiger partial charge in [-0.05, 0) is 37.3 Å². The van der Waals surface area contributed by atoms with Crippen LogP contribution in [0.3, 0.4) is 0 Å². The van der Waals surface area contributed by atoms with Gasteiger partial charge in [0.05, 0.1) is 6.61 Å². The topological polar surface area (TPSA) is 35.1 Å². The molecule has 0 radical (unpaired) electrons. The Labute approximate surface area is 136 Å². The Morgan fingerprint density at radius 3 is 2.39 bits per heavy atom. The number of hydrogen-bond donors (Lipinski definition) is 1. The molecule has 4 heteroatoms. The Balaban J connectivity index is 1.95. The van der Waals surface area contributed by atoms with E-state index in [4.69, 9.17) is 9.47 Å². The highest BCUT2D eigenvalue weighted by Crippen LogP contribution is 2.28. The zero-order valence-corrected chi connectivity index (χ0v) is 13.4. The molecule has 0 spiro atoms. The lowest BCUT2D eigenvalue weighted by Crippen LogP contribution is -2.80. The summed E-state index contributed by atoms with van der Waals surface area (Å²) in [7, 11) is 0. The average Bonchev–Trinajstić information content (AvgIpc) is 2.56. The maximum Gasteiger partial charge on any atom is 0.161 e. The molecule has 3 nitrogen and oxygen atoms in total. The molecule has 0 unspecified atom stereocenters. The van der Waals surface area contributed by atoms with Crippen molar-refractivity contribution < 1.29 is 19.2 Å². The molecule has 0 saturated heterocycles. The van der Waals surface area contributed by atoms with Crippen LogP contribution in [0.1, 0.15) is 18.1 Å². The molecule has 0 aromatic heterocycles. The number of nitrogens with two attached hydrogens (primary N) is 1. The van der Waals surface area contributed by atoms with Crippen molar-refractivity contribution in [3.05, 3.63) is 72.1 Å². The van der Waals surface area contributed by atoms with E-state index in [0.717, 1.165) is 35.7 Å². The summed E-state index contributed by atoms with van der Waals surface area (Å²) in [4.78, 5) is 0. The van der Waals surface area contributed by atoms with E-state index in [0.29, 0.717) is 13.2 Å². The molecule has 23 heavy (non-hydrogen) atoms. The van der Waals surface area contributed by atoms with Gasteiger partial charge < -0.3 is 14.8 Å². The molecule has 0 amide bonds. The van der Waals surface area contributed by atoms with Gasteiger partial charge in [0.25, 0.3) is 0 Å². The van der Waals surface area contributed by atoms with E-state index < -0.39 is 0 Å². The van der Waals surface area contributed by atoms with Crippen LogP contribution in [0, 0.1) is 5.82 Å². The van der Waals surface area contributed by atoms with Gasteiger partial charge in [0.2, 0.25) is 0 Å². The van der Waals surface area contributed by atoms with Crippen molar-refractivity contribution in [3.8, 4) is 11.5 Å². The second-order valence-electron chi connectivity index (χ2n) is 5.14. The van der Waals surface area contributed by atoms with Gasteiger partial charge in [0, 0.05) is 11.1 Å². The first-order valence-corrected chi connectivity index (χ1v) is 7.78. The van der Waals surface area contributed by atoms with Crippen molar-refractivity contribution in [1.29, 1.82) is 0 Å². The molecule has 0 heterocycles. The van der Waals surface area contributed by atoms with Crippen LogP contribution in [0.4, 0.5) is 4.39 Å². The Hall–Kier alpha value is -2.33. The number of benzene rings is 2. The van der Waals surface area contributed by atoms with E-state index in [9.17, 15) is 4.39 Å². The lowest BCUT2D eigenvalue weighted by atomic mass is 10.2. The van der Waals surface area contributed by atoms with Crippen molar-refractivity contribution in [2.24, 2.45) is 0 Å². The monoisotopic (exact) mass is 316 g/mol. The number of rotatable bonds is 9. The van der Waals surface area contributed by atoms with Crippen molar-refractivity contribution in [1.82, 2.24) is 0 Å². The summed E-state index contributed by atoms with van der Waals surface area (Å²) in [5.41, 5.74) is 2.25. The second-order valence-corrected chi connectivity index (χ2v) is 5.14.